The van der Waals surface area contributed by atoms with Gasteiger partial charge in [0.25, 0.3) is 0 Å². The summed E-state index contributed by atoms with van der Waals surface area (Å²) in [6.07, 6.45) is -4.60. The molecule has 5 nitrogen and oxygen atoms in total. The number of carboxylic acids is 1. The lowest BCUT2D eigenvalue weighted by atomic mass is 10.4. The Hall–Kier alpha value is -1.25. The highest BCUT2D eigenvalue weighted by molar-refractivity contribution is 7.99. The van der Waals surface area contributed by atoms with E-state index >= 15 is 0 Å². The minimum Gasteiger partial charge on any atom is -0.481 e. The van der Waals surface area contributed by atoms with Gasteiger partial charge in [0, 0.05) is 6.04 Å². The zero-order chi connectivity index (χ0) is 13.2. The standard InChI is InChI=1S/C8H10F3N3O2S/c1-4(2)14-6(8(9,10)11)12-13-7(14)17-3-5(15)16/h4H,3H2,1-2H3,(H,15,16). The first kappa shape index (κ1) is 13.8. The number of carbonyl (C=O) groups is 1. The molecule has 0 aromatic carbocycles. The number of hydrogen-bond acceptors (Lipinski definition) is 4. The molecule has 0 atom stereocenters. The van der Waals surface area contributed by atoms with Crippen molar-refractivity contribution in [3.05, 3.63) is 5.82 Å². The zero-order valence-electron chi connectivity index (χ0n) is 9.02. The summed E-state index contributed by atoms with van der Waals surface area (Å²) in [4.78, 5) is 10.4. The molecule has 0 aliphatic rings. The number of nitrogens with zero attached hydrogens (tertiary/aromatic N) is 3. The molecule has 0 aliphatic carbocycles. The Bertz CT molecular complexity index is 417. The maximum Gasteiger partial charge on any atom is 0.451 e. The first-order valence-corrected chi connectivity index (χ1v) is 5.58. The smallest absolute Gasteiger partial charge is 0.451 e. The zero-order valence-corrected chi connectivity index (χ0v) is 9.84. The number of alkyl halides is 3. The lowest BCUT2D eigenvalue weighted by Gasteiger charge is -2.14. The summed E-state index contributed by atoms with van der Waals surface area (Å²) in [5.41, 5.74) is 0. The van der Waals surface area contributed by atoms with Crippen LogP contribution in [0.3, 0.4) is 0 Å². The number of halogens is 3. The van der Waals surface area contributed by atoms with Crippen LogP contribution in [-0.4, -0.2) is 31.6 Å². The van der Waals surface area contributed by atoms with Gasteiger partial charge in [-0.05, 0) is 13.8 Å². The van der Waals surface area contributed by atoms with E-state index in [2.05, 4.69) is 10.2 Å². The molecule has 1 heterocycles. The summed E-state index contributed by atoms with van der Waals surface area (Å²) in [6, 6.07) is -0.502. The molecular weight excluding hydrogens is 259 g/mol. The first-order chi connectivity index (χ1) is 7.73. The van der Waals surface area contributed by atoms with Crippen LogP contribution in [0.2, 0.25) is 0 Å². The normalized spacial score (nSPS) is 12.1. The Morgan fingerprint density at radius 2 is 2.06 bits per heavy atom. The minimum atomic E-state index is -4.60. The summed E-state index contributed by atoms with van der Waals surface area (Å²) < 4.78 is 38.6. The molecule has 0 spiro atoms. The van der Waals surface area contributed by atoms with E-state index in [9.17, 15) is 18.0 Å². The van der Waals surface area contributed by atoms with E-state index in [0.29, 0.717) is 11.8 Å². The van der Waals surface area contributed by atoms with Gasteiger partial charge in [-0.1, -0.05) is 11.8 Å². The van der Waals surface area contributed by atoms with Crippen molar-refractivity contribution < 1.29 is 23.1 Å². The van der Waals surface area contributed by atoms with E-state index in [1.807, 2.05) is 0 Å². The van der Waals surface area contributed by atoms with E-state index in [0.717, 1.165) is 4.57 Å². The number of hydrogen-bond donors (Lipinski definition) is 1. The van der Waals surface area contributed by atoms with Gasteiger partial charge in [-0.2, -0.15) is 13.2 Å². The number of aromatic nitrogens is 3. The Morgan fingerprint density at radius 1 is 1.47 bits per heavy atom. The van der Waals surface area contributed by atoms with Gasteiger partial charge in [-0.3, -0.25) is 9.36 Å². The second-order valence-electron chi connectivity index (χ2n) is 3.45. The molecule has 0 bridgehead atoms. The highest BCUT2D eigenvalue weighted by Gasteiger charge is 2.39. The first-order valence-electron chi connectivity index (χ1n) is 4.60. The summed E-state index contributed by atoms with van der Waals surface area (Å²) in [7, 11) is 0. The Morgan fingerprint density at radius 3 is 2.47 bits per heavy atom. The Labute approximate surface area is 99.0 Å². The van der Waals surface area contributed by atoms with E-state index < -0.39 is 24.0 Å². The van der Waals surface area contributed by atoms with Crippen LogP contribution >= 0.6 is 11.8 Å². The maximum atomic E-state index is 12.6. The second kappa shape index (κ2) is 4.94. The molecule has 0 saturated heterocycles. The van der Waals surface area contributed by atoms with Crippen molar-refractivity contribution in [3.63, 3.8) is 0 Å². The van der Waals surface area contributed by atoms with E-state index in [1.54, 1.807) is 13.8 Å². The highest BCUT2D eigenvalue weighted by Crippen LogP contribution is 2.32. The van der Waals surface area contributed by atoms with Gasteiger partial charge < -0.3 is 5.11 Å². The highest BCUT2D eigenvalue weighted by atomic mass is 32.2. The van der Waals surface area contributed by atoms with Crippen molar-refractivity contribution in [1.82, 2.24) is 14.8 Å². The van der Waals surface area contributed by atoms with Crippen molar-refractivity contribution in [3.8, 4) is 0 Å². The number of aliphatic carboxylic acids is 1. The van der Waals surface area contributed by atoms with Crippen LogP contribution in [0.4, 0.5) is 13.2 Å². The van der Waals surface area contributed by atoms with Gasteiger partial charge in [0.15, 0.2) is 5.16 Å². The number of rotatable bonds is 4. The van der Waals surface area contributed by atoms with Crippen LogP contribution in [0, 0.1) is 0 Å². The van der Waals surface area contributed by atoms with E-state index in [-0.39, 0.29) is 10.9 Å². The van der Waals surface area contributed by atoms with Crippen LogP contribution < -0.4 is 0 Å². The third kappa shape index (κ3) is 3.35. The van der Waals surface area contributed by atoms with Gasteiger partial charge in [-0.15, -0.1) is 10.2 Å². The van der Waals surface area contributed by atoms with Crippen molar-refractivity contribution in [2.45, 2.75) is 31.2 Å². The maximum absolute atomic E-state index is 12.6. The van der Waals surface area contributed by atoms with Gasteiger partial charge in [0.05, 0.1) is 5.75 Å². The number of thioether (sulfide) groups is 1. The molecule has 1 aromatic heterocycles. The molecule has 0 unspecified atom stereocenters. The predicted molar refractivity (Wildman–Crippen MR) is 53.8 cm³/mol. The van der Waals surface area contributed by atoms with Crippen molar-refractivity contribution in [2.75, 3.05) is 5.75 Å². The molecule has 9 heteroatoms. The Balaban J connectivity index is 3.07. The molecule has 1 N–H and O–H groups in total. The fourth-order valence-corrected chi connectivity index (χ4v) is 1.95. The molecule has 17 heavy (non-hydrogen) atoms. The van der Waals surface area contributed by atoms with Crippen molar-refractivity contribution >= 4 is 17.7 Å². The fourth-order valence-electron chi connectivity index (χ4n) is 1.16. The minimum absolute atomic E-state index is 0.0466. The second-order valence-corrected chi connectivity index (χ2v) is 4.39. The molecule has 1 rings (SSSR count). The predicted octanol–water partition coefficient (Wildman–Crippen LogP) is 2.05. The van der Waals surface area contributed by atoms with Crippen LogP contribution in [0.15, 0.2) is 5.16 Å². The third-order valence-electron chi connectivity index (χ3n) is 1.76. The van der Waals surface area contributed by atoms with Gasteiger partial charge in [-0.25, -0.2) is 0 Å². The molecule has 0 radical (unpaired) electrons. The van der Waals surface area contributed by atoms with Crippen LogP contribution in [-0.2, 0) is 11.0 Å². The molecule has 0 aliphatic heterocycles. The molecule has 0 saturated carbocycles. The monoisotopic (exact) mass is 269 g/mol. The lowest BCUT2D eigenvalue weighted by molar-refractivity contribution is -0.148. The molecule has 0 fully saturated rings. The molecular formula is C8H10F3N3O2S. The summed E-state index contributed by atoms with van der Waals surface area (Å²) in [5, 5.41) is 14.9. The van der Waals surface area contributed by atoms with Crippen LogP contribution in [0.25, 0.3) is 0 Å². The molecule has 1 aromatic rings. The summed E-state index contributed by atoms with van der Waals surface area (Å²) in [6.45, 7) is 3.09. The topological polar surface area (TPSA) is 68.0 Å². The van der Waals surface area contributed by atoms with E-state index in [1.165, 1.54) is 0 Å². The average molecular weight is 269 g/mol. The van der Waals surface area contributed by atoms with Gasteiger partial charge >= 0.3 is 12.1 Å². The molecule has 96 valence electrons. The van der Waals surface area contributed by atoms with Crippen molar-refractivity contribution in [2.24, 2.45) is 0 Å². The van der Waals surface area contributed by atoms with Gasteiger partial charge in [0.2, 0.25) is 5.82 Å². The SMILES string of the molecule is CC(C)n1c(SCC(=O)O)nnc1C(F)(F)F. The Kier molecular flexibility index (Phi) is 4.02. The average Bonchev–Trinajstić information content (AvgIpc) is 2.57. The van der Waals surface area contributed by atoms with Crippen LogP contribution in [0.5, 0.6) is 0 Å². The summed E-state index contributed by atoms with van der Waals surface area (Å²) >= 11 is 0.710. The van der Waals surface area contributed by atoms with E-state index in [4.69, 9.17) is 5.11 Å². The third-order valence-corrected chi connectivity index (χ3v) is 2.69. The van der Waals surface area contributed by atoms with Crippen molar-refractivity contribution in [1.29, 1.82) is 0 Å². The fraction of sp³-hybridized carbons (Fsp3) is 0.625. The quantitative estimate of drug-likeness (QED) is 0.847. The summed E-state index contributed by atoms with van der Waals surface area (Å²) in [5.74, 6) is -2.59. The lowest BCUT2D eigenvalue weighted by Crippen LogP contribution is -2.17. The van der Waals surface area contributed by atoms with Crippen LogP contribution in [0.1, 0.15) is 25.7 Å². The molecule has 0 amide bonds. The number of carboxylic acid groups (broad SMARTS) is 1. The van der Waals surface area contributed by atoms with Gasteiger partial charge in [0.1, 0.15) is 0 Å². The largest absolute Gasteiger partial charge is 0.481 e.